The molecule has 0 saturated heterocycles. The van der Waals surface area contributed by atoms with Crippen LogP contribution in [-0.4, -0.2) is 39.2 Å². The van der Waals surface area contributed by atoms with E-state index in [2.05, 4.69) is 10.3 Å². The fraction of sp³-hybridized carbons (Fsp3) is 0.321. The number of nitrogens with one attached hydrogen (secondary N) is 2. The molecule has 9 heteroatoms. The number of carbonyl (C=O) groups is 1. The summed E-state index contributed by atoms with van der Waals surface area (Å²) < 4.78 is 34.1. The monoisotopic (exact) mass is 504 g/mol. The maximum Gasteiger partial charge on any atom is 0.308 e. The molecule has 0 amide bonds. The molecule has 190 valence electrons. The van der Waals surface area contributed by atoms with Gasteiger partial charge in [0.05, 0.1) is 24.2 Å². The first kappa shape index (κ1) is 23.4. The van der Waals surface area contributed by atoms with Gasteiger partial charge in [-0.15, -0.1) is 0 Å². The molecule has 2 aromatic heterocycles. The number of fused-ring (bicyclic) bond motifs is 4. The lowest BCUT2D eigenvalue weighted by Gasteiger charge is -2.47. The first-order chi connectivity index (χ1) is 17.9. The van der Waals surface area contributed by atoms with Crippen LogP contribution in [0.4, 0.5) is 14.6 Å². The molecule has 4 aromatic rings. The summed E-state index contributed by atoms with van der Waals surface area (Å²) in [6.07, 6.45) is 5.36. The summed E-state index contributed by atoms with van der Waals surface area (Å²) in [5, 5.41) is 13.8. The maximum absolute atomic E-state index is 14.4. The van der Waals surface area contributed by atoms with Gasteiger partial charge in [0.15, 0.2) is 5.82 Å². The second-order valence-electron chi connectivity index (χ2n) is 9.88. The number of H-pyrrole nitrogens is 1. The Kier molecular flexibility index (Phi) is 5.78. The van der Waals surface area contributed by atoms with Crippen LogP contribution in [0.25, 0.3) is 33.5 Å². The minimum absolute atomic E-state index is 0.134. The molecular weight excluding hydrogens is 478 g/mol. The zero-order valence-corrected chi connectivity index (χ0v) is 20.2. The average molecular weight is 505 g/mol. The highest BCUT2D eigenvalue weighted by molar-refractivity contribution is 5.94. The number of hydrogen-bond donors (Lipinski definition) is 3. The Morgan fingerprint density at radius 2 is 1.81 bits per heavy atom. The molecule has 7 rings (SSSR count). The van der Waals surface area contributed by atoms with Gasteiger partial charge in [-0.1, -0.05) is 12.1 Å². The van der Waals surface area contributed by atoms with Crippen LogP contribution < -0.4 is 10.1 Å². The summed E-state index contributed by atoms with van der Waals surface area (Å²) in [5.41, 5.74) is 1.86. The number of rotatable bonds is 6. The second-order valence-corrected chi connectivity index (χ2v) is 9.88. The number of benzene rings is 2. The number of aliphatic carboxylic acids is 1. The van der Waals surface area contributed by atoms with Crippen molar-refractivity contribution < 1.29 is 23.4 Å². The van der Waals surface area contributed by atoms with Crippen LogP contribution in [0.2, 0.25) is 0 Å². The van der Waals surface area contributed by atoms with E-state index in [0.29, 0.717) is 33.8 Å². The first-order valence-corrected chi connectivity index (χ1v) is 12.4. The molecule has 7 nitrogen and oxygen atoms in total. The van der Waals surface area contributed by atoms with Gasteiger partial charge in [0.25, 0.3) is 0 Å². The van der Waals surface area contributed by atoms with Gasteiger partial charge in [-0.2, -0.15) is 0 Å². The van der Waals surface area contributed by atoms with Crippen molar-refractivity contribution in [3.63, 3.8) is 0 Å². The Morgan fingerprint density at radius 1 is 1.05 bits per heavy atom. The Morgan fingerprint density at radius 3 is 2.57 bits per heavy atom. The van der Waals surface area contributed by atoms with Gasteiger partial charge >= 0.3 is 5.97 Å². The number of ether oxygens (including phenoxy) is 1. The van der Waals surface area contributed by atoms with Crippen molar-refractivity contribution in [2.75, 3.05) is 12.4 Å². The molecule has 3 aliphatic carbocycles. The van der Waals surface area contributed by atoms with E-state index in [9.17, 15) is 18.7 Å². The third-order valence-corrected chi connectivity index (χ3v) is 7.87. The van der Waals surface area contributed by atoms with E-state index in [1.54, 1.807) is 19.4 Å². The second kappa shape index (κ2) is 9.14. The Labute approximate surface area is 211 Å². The van der Waals surface area contributed by atoms with Crippen molar-refractivity contribution in [2.45, 2.75) is 31.7 Å². The van der Waals surface area contributed by atoms with E-state index in [-0.39, 0.29) is 29.2 Å². The lowest BCUT2D eigenvalue weighted by atomic mass is 9.61. The molecule has 2 heterocycles. The van der Waals surface area contributed by atoms with Crippen molar-refractivity contribution in [3.8, 4) is 28.4 Å². The molecule has 0 spiro atoms. The topological polar surface area (TPSA) is 100 Å². The fourth-order valence-corrected chi connectivity index (χ4v) is 6.16. The third kappa shape index (κ3) is 4.08. The number of nitrogens with zero attached hydrogens (tertiary/aromatic N) is 2. The van der Waals surface area contributed by atoms with E-state index in [0.717, 1.165) is 31.7 Å². The highest BCUT2D eigenvalue weighted by atomic mass is 19.1. The number of carboxylic acids is 1. The Balaban J connectivity index is 1.50. The molecule has 3 fully saturated rings. The summed E-state index contributed by atoms with van der Waals surface area (Å²) in [5.74, 6) is -1.02. The van der Waals surface area contributed by atoms with E-state index >= 15 is 0 Å². The summed E-state index contributed by atoms with van der Waals surface area (Å²) in [6, 6.07) is 11.0. The zero-order valence-electron chi connectivity index (χ0n) is 20.2. The predicted molar refractivity (Wildman–Crippen MR) is 135 cm³/mol. The summed E-state index contributed by atoms with van der Waals surface area (Å²) >= 11 is 0. The highest BCUT2D eigenvalue weighted by Crippen LogP contribution is 2.46. The molecular formula is C28H26F2N4O3. The van der Waals surface area contributed by atoms with Crippen LogP contribution in [0.1, 0.15) is 25.7 Å². The van der Waals surface area contributed by atoms with Crippen LogP contribution in [0, 0.1) is 29.4 Å². The van der Waals surface area contributed by atoms with E-state index in [4.69, 9.17) is 14.7 Å². The molecule has 0 unspecified atom stereocenters. The number of anilines is 1. The van der Waals surface area contributed by atoms with Gasteiger partial charge in [-0.05, 0) is 55.7 Å². The van der Waals surface area contributed by atoms with Crippen LogP contribution in [-0.2, 0) is 4.79 Å². The first-order valence-electron chi connectivity index (χ1n) is 12.4. The lowest BCUT2D eigenvalue weighted by Crippen LogP contribution is -2.51. The van der Waals surface area contributed by atoms with Crippen molar-refractivity contribution in [1.82, 2.24) is 15.0 Å². The molecule has 0 aliphatic heterocycles. The average Bonchev–Trinajstić information content (AvgIpc) is 3.33. The van der Waals surface area contributed by atoms with Crippen LogP contribution in [0.3, 0.4) is 0 Å². The molecule has 37 heavy (non-hydrogen) atoms. The standard InChI is InChI=1S/C28H26F2N4O3/c1-37-22-5-3-2-4-17(22)21-12-23(33-25-15-8-6-14(7-9-15)24(25)28(35)36)34-27(32-21)19-13-31-26-18(19)10-16(29)11-20(26)30/h2-5,10-15,24-25,31H,6-9H2,1H3,(H,35,36)(H,32,33,34)/t14?,15?,24-,25-/m1/s1. The molecule has 3 N–H and O–H groups in total. The van der Waals surface area contributed by atoms with Gasteiger partial charge in [0.1, 0.15) is 23.2 Å². The number of aromatic nitrogens is 3. The van der Waals surface area contributed by atoms with Crippen molar-refractivity contribution >= 4 is 22.7 Å². The smallest absolute Gasteiger partial charge is 0.308 e. The SMILES string of the molecule is COc1ccccc1-c1cc(N[C@@H]2C3CCC(CC3)[C@H]2C(=O)O)nc(-c2c[nH]c3c(F)cc(F)cc23)n1. The zero-order chi connectivity index (χ0) is 25.7. The Bertz CT molecular complexity index is 1500. The van der Waals surface area contributed by atoms with Crippen molar-refractivity contribution in [2.24, 2.45) is 17.8 Å². The number of para-hydroxylation sites is 1. The summed E-state index contributed by atoms with van der Waals surface area (Å²) in [7, 11) is 1.57. The van der Waals surface area contributed by atoms with Crippen LogP contribution in [0.15, 0.2) is 48.7 Å². The van der Waals surface area contributed by atoms with Gasteiger partial charge < -0.3 is 20.1 Å². The van der Waals surface area contributed by atoms with Crippen LogP contribution >= 0.6 is 0 Å². The number of hydrogen-bond acceptors (Lipinski definition) is 5. The molecule has 2 aromatic carbocycles. The molecule has 2 bridgehead atoms. The molecule has 3 saturated carbocycles. The van der Waals surface area contributed by atoms with Crippen LogP contribution in [0.5, 0.6) is 5.75 Å². The third-order valence-electron chi connectivity index (χ3n) is 7.87. The van der Waals surface area contributed by atoms with E-state index in [1.807, 2.05) is 24.3 Å². The van der Waals surface area contributed by atoms with E-state index in [1.165, 1.54) is 6.07 Å². The van der Waals surface area contributed by atoms with Gasteiger partial charge in [0, 0.05) is 40.9 Å². The van der Waals surface area contributed by atoms with Crippen molar-refractivity contribution in [3.05, 3.63) is 60.3 Å². The number of halogens is 2. The number of aromatic amines is 1. The highest BCUT2D eigenvalue weighted by Gasteiger charge is 2.47. The summed E-state index contributed by atoms with van der Waals surface area (Å²) in [4.78, 5) is 24.5. The van der Waals surface area contributed by atoms with E-state index < -0.39 is 23.5 Å². The maximum atomic E-state index is 14.4. The molecule has 3 aliphatic rings. The van der Waals surface area contributed by atoms with Gasteiger partial charge in [0.2, 0.25) is 0 Å². The fourth-order valence-electron chi connectivity index (χ4n) is 6.16. The number of methoxy groups -OCH3 is 1. The molecule has 2 atom stereocenters. The number of carboxylic acid groups (broad SMARTS) is 1. The molecule has 0 radical (unpaired) electrons. The largest absolute Gasteiger partial charge is 0.496 e. The lowest BCUT2D eigenvalue weighted by molar-refractivity contribution is -0.148. The normalized spacial score (nSPS) is 22.8. The summed E-state index contributed by atoms with van der Waals surface area (Å²) in [6.45, 7) is 0. The predicted octanol–water partition coefficient (Wildman–Crippen LogP) is 5.88. The Hall–Kier alpha value is -4.01. The quantitative estimate of drug-likeness (QED) is 0.303. The minimum Gasteiger partial charge on any atom is -0.496 e. The van der Waals surface area contributed by atoms with Gasteiger partial charge in [-0.3, -0.25) is 4.79 Å². The van der Waals surface area contributed by atoms with Crippen molar-refractivity contribution in [1.29, 1.82) is 0 Å². The van der Waals surface area contributed by atoms with Gasteiger partial charge in [-0.25, -0.2) is 18.7 Å². The minimum atomic E-state index is -0.797.